The zero-order valence-electron chi connectivity index (χ0n) is 21.0. The molecule has 1 N–H and O–H groups in total. The molecule has 0 saturated carbocycles. The number of aryl methyl sites for hydroxylation is 1. The van der Waals surface area contributed by atoms with Gasteiger partial charge in [-0.3, -0.25) is 0 Å². The second-order valence-electron chi connectivity index (χ2n) is 8.74. The number of aliphatic hydroxyl groups is 1. The van der Waals surface area contributed by atoms with Crippen LogP contribution in [0.3, 0.4) is 0 Å². The van der Waals surface area contributed by atoms with Crippen molar-refractivity contribution < 1.29 is 36.2 Å². The van der Waals surface area contributed by atoms with E-state index in [2.05, 4.69) is 4.98 Å². The van der Waals surface area contributed by atoms with Gasteiger partial charge < -0.3 is 9.84 Å². The number of rotatable bonds is 8. The van der Waals surface area contributed by atoms with Gasteiger partial charge in [0.15, 0.2) is 6.10 Å². The quantitative estimate of drug-likeness (QED) is 0.278. The Morgan fingerprint density at radius 1 is 1.03 bits per heavy atom. The number of carbonyl (C=O) groups excluding carboxylic acids is 1. The van der Waals surface area contributed by atoms with Crippen molar-refractivity contribution in [3.8, 4) is 0 Å². The molecule has 0 aliphatic rings. The Bertz CT molecular complexity index is 1590. The fourth-order valence-electron chi connectivity index (χ4n) is 4.09. The van der Waals surface area contributed by atoms with Crippen molar-refractivity contribution in [2.45, 2.75) is 37.6 Å². The number of halogens is 3. The van der Waals surface area contributed by atoms with Gasteiger partial charge in [0.2, 0.25) is 0 Å². The van der Waals surface area contributed by atoms with Crippen molar-refractivity contribution in [1.82, 2.24) is 4.98 Å². The first-order valence-corrected chi connectivity index (χ1v) is 13.4. The predicted molar refractivity (Wildman–Crippen MR) is 140 cm³/mol. The van der Waals surface area contributed by atoms with Crippen molar-refractivity contribution in [3.05, 3.63) is 101 Å². The lowest BCUT2D eigenvalue weighted by molar-refractivity contribution is -0.206. The van der Waals surface area contributed by atoms with Crippen LogP contribution in [0.2, 0.25) is 0 Å². The number of anilines is 1. The highest BCUT2D eigenvalue weighted by Crippen LogP contribution is 2.34. The summed E-state index contributed by atoms with van der Waals surface area (Å²) in [4.78, 5) is 16.3. The van der Waals surface area contributed by atoms with Gasteiger partial charge in [0, 0.05) is 17.1 Å². The number of hydrogen-bond acceptors (Lipinski definition) is 6. The molecule has 7 nitrogen and oxygen atoms in total. The summed E-state index contributed by atoms with van der Waals surface area (Å²) in [6, 6.07) is 17.4. The lowest BCUT2D eigenvalue weighted by atomic mass is 10.1. The average molecular weight is 559 g/mol. The monoisotopic (exact) mass is 558 g/mol. The summed E-state index contributed by atoms with van der Waals surface area (Å²) < 4.78 is 72.7. The normalized spacial score (nSPS) is 12.8. The van der Waals surface area contributed by atoms with E-state index in [1.165, 1.54) is 36.4 Å². The molecule has 0 bridgehead atoms. The Kier molecular flexibility index (Phi) is 7.94. The van der Waals surface area contributed by atoms with Crippen LogP contribution in [0, 0.1) is 6.92 Å². The summed E-state index contributed by atoms with van der Waals surface area (Å²) in [5.41, 5.74) is 0.773. The zero-order chi connectivity index (χ0) is 28.4. The third-order valence-corrected chi connectivity index (χ3v) is 7.90. The topological polar surface area (TPSA) is 96.8 Å². The fourth-order valence-corrected chi connectivity index (χ4v) is 5.55. The molecule has 0 amide bonds. The van der Waals surface area contributed by atoms with Crippen molar-refractivity contribution in [3.63, 3.8) is 0 Å². The molecule has 0 aliphatic carbocycles. The molecule has 1 heterocycles. The second kappa shape index (κ2) is 11.0. The van der Waals surface area contributed by atoms with Crippen LogP contribution in [0.5, 0.6) is 0 Å². The molecule has 1 atom stereocenters. The lowest BCUT2D eigenvalue weighted by Crippen LogP contribution is -2.32. The van der Waals surface area contributed by atoms with Crippen LogP contribution in [0.25, 0.3) is 10.8 Å². The van der Waals surface area contributed by atoms with E-state index in [0.717, 1.165) is 27.2 Å². The Balaban J connectivity index is 1.78. The number of nitrogens with zero attached hydrogens (tertiary/aromatic N) is 2. The van der Waals surface area contributed by atoms with Gasteiger partial charge in [-0.25, -0.2) is 22.5 Å². The minimum Gasteiger partial charge on any atom is -0.462 e. The summed E-state index contributed by atoms with van der Waals surface area (Å²) >= 11 is 0. The molecule has 204 valence electrons. The molecule has 4 aromatic rings. The fraction of sp³-hybridized carbons (Fsp3) is 0.214. The van der Waals surface area contributed by atoms with Crippen molar-refractivity contribution in [2.75, 3.05) is 10.9 Å². The van der Waals surface area contributed by atoms with E-state index in [1.807, 2.05) is 24.3 Å². The average Bonchev–Trinajstić information content (AvgIpc) is 2.92. The van der Waals surface area contributed by atoms with Gasteiger partial charge in [-0.1, -0.05) is 48.5 Å². The number of fused-ring (bicyclic) bond motifs is 1. The molecule has 39 heavy (non-hydrogen) atoms. The smallest absolute Gasteiger partial charge is 0.418 e. The van der Waals surface area contributed by atoms with E-state index in [-0.39, 0.29) is 35.0 Å². The van der Waals surface area contributed by atoms with Gasteiger partial charge in [0.1, 0.15) is 5.82 Å². The Morgan fingerprint density at radius 3 is 2.28 bits per heavy atom. The number of hydrogen-bond donors (Lipinski definition) is 1. The first kappa shape index (κ1) is 28.1. The van der Waals surface area contributed by atoms with Gasteiger partial charge in [0.05, 0.1) is 23.6 Å². The second-order valence-corrected chi connectivity index (χ2v) is 10.6. The van der Waals surface area contributed by atoms with E-state index >= 15 is 0 Å². The largest absolute Gasteiger partial charge is 0.462 e. The van der Waals surface area contributed by atoms with Crippen molar-refractivity contribution >= 4 is 32.6 Å². The molecule has 0 radical (unpaired) electrons. The van der Waals surface area contributed by atoms with Crippen LogP contribution >= 0.6 is 0 Å². The predicted octanol–water partition coefficient (Wildman–Crippen LogP) is 5.71. The molecule has 1 unspecified atom stereocenters. The summed E-state index contributed by atoms with van der Waals surface area (Å²) in [5.74, 6) is -0.450. The Morgan fingerprint density at radius 2 is 1.67 bits per heavy atom. The number of alkyl halides is 3. The van der Waals surface area contributed by atoms with Gasteiger partial charge in [-0.05, 0) is 54.6 Å². The maximum atomic E-state index is 13.9. The molecule has 1 aromatic heterocycles. The third-order valence-electron chi connectivity index (χ3n) is 6.15. The molecule has 0 saturated heterocycles. The standard InChI is InChI=1S/C28H25F3N2O5S/c1-3-38-27(35)21-12-14-23(15-13-21)39(36,37)33(26-18(2)24-7-5-4-6-22(24)16-32-26)17-19-8-10-20(11-9-19)25(34)28(29,30)31/h4-16,25,34H,3,17H2,1-2H3. The number of pyridine rings is 1. The van der Waals surface area contributed by atoms with Gasteiger partial charge in [0.25, 0.3) is 10.0 Å². The van der Waals surface area contributed by atoms with E-state index in [4.69, 9.17) is 4.74 Å². The lowest BCUT2D eigenvalue weighted by Gasteiger charge is -2.26. The molecular formula is C28H25F3N2O5S. The van der Waals surface area contributed by atoms with Gasteiger partial charge in [-0.2, -0.15) is 13.2 Å². The molecule has 3 aromatic carbocycles. The molecule has 0 fully saturated rings. The molecule has 11 heteroatoms. The first-order chi connectivity index (χ1) is 18.4. The van der Waals surface area contributed by atoms with Crippen LogP contribution in [0.15, 0.2) is 83.9 Å². The summed E-state index contributed by atoms with van der Waals surface area (Å²) in [6.07, 6.45) is -5.94. The van der Waals surface area contributed by atoms with Gasteiger partial charge >= 0.3 is 12.1 Å². The number of ether oxygens (including phenoxy) is 1. The van der Waals surface area contributed by atoms with E-state index in [0.29, 0.717) is 11.1 Å². The van der Waals surface area contributed by atoms with E-state index in [1.54, 1.807) is 20.0 Å². The summed E-state index contributed by atoms with van der Waals surface area (Å²) in [7, 11) is -4.26. The van der Waals surface area contributed by atoms with Crippen molar-refractivity contribution in [1.29, 1.82) is 0 Å². The van der Waals surface area contributed by atoms with Crippen LogP contribution in [-0.4, -0.2) is 37.3 Å². The number of aliphatic hydroxyl groups excluding tert-OH is 1. The molecular weight excluding hydrogens is 533 g/mol. The Hall–Kier alpha value is -3.96. The minimum atomic E-state index is -4.83. The highest BCUT2D eigenvalue weighted by atomic mass is 32.2. The number of sulfonamides is 1. The number of esters is 1. The maximum absolute atomic E-state index is 13.9. The van der Waals surface area contributed by atoms with Gasteiger partial charge in [-0.15, -0.1) is 0 Å². The highest BCUT2D eigenvalue weighted by molar-refractivity contribution is 7.92. The van der Waals surface area contributed by atoms with Crippen LogP contribution < -0.4 is 4.31 Å². The Labute approximate surface area is 223 Å². The van der Waals surface area contributed by atoms with Crippen LogP contribution in [0.4, 0.5) is 19.0 Å². The van der Waals surface area contributed by atoms with Crippen LogP contribution in [0.1, 0.15) is 40.1 Å². The zero-order valence-corrected chi connectivity index (χ0v) is 21.8. The van der Waals surface area contributed by atoms with E-state index < -0.39 is 28.3 Å². The number of benzene rings is 3. The SMILES string of the molecule is CCOC(=O)c1ccc(S(=O)(=O)N(Cc2ccc(C(O)C(F)(F)F)cc2)c2ncc3ccccc3c2C)cc1. The van der Waals surface area contributed by atoms with E-state index in [9.17, 15) is 31.5 Å². The summed E-state index contributed by atoms with van der Waals surface area (Å²) in [6.45, 7) is 3.30. The molecule has 0 spiro atoms. The summed E-state index contributed by atoms with van der Waals surface area (Å²) in [5, 5.41) is 11.1. The molecule has 4 rings (SSSR count). The highest BCUT2D eigenvalue weighted by Gasteiger charge is 2.39. The van der Waals surface area contributed by atoms with Crippen LogP contribution in [-0.2, 0) is 21.3 Å². The first-order valence-electron chi connectivity index (χ1n) is 11.9. The number of carbonyl (C=O) groups is 1. The minimum absolute atomic E-state index is 0.117. The third kappa shape index (κ3) is 5.89. The van der Waals surface area contributed by atoms with Crippen molar-refractivity contribution in [2.24, 2.45) is 0 Å². The maximum Gasteiger partial charge on any atom is 0.418 e. The molecule has 0 aliphatic heterocycles. The number of aromatic nitrogens is 1.